The summed E-state index contributed by atoms with van der Waals surface area (Å²) in [5.74, 6) is 0.589. The number of hydrogen-bond donors (Lipinski definition) is 2. The Balaban J connectivity index is 1.86. The minimum absolute atomic E-state index is 0.131. The number of anilines is 1. The molecule has 2 rings (SSSR count). The van der Waals surface area contributed by atoms with Gasteiger partial charge in [0.1, 0.15) is 11.4 Å². The van der Waals surface area contributed by atoms with Crippen LogP contribution in [0.1, 0.15) is 58.1 Å². The highest BCUT2D eigenvalue weighted by atomic mass is 35.5. The third-order valence-electron chi connectivity index (χ3n) is 3.61. The lowest BCUT2D eigenvalue weighted by Crippen LogP contribution is -2.40. The maximum atomic E-state index is 11.8. The lowest BCUT2D eigenvalue weighted by Gasteiger charge is -2.30. The molecule has 1 aliphatic rings. The number of nitrogen functional groups attached to an aromatic ring is 1. The number of nitrogens with two attached hydrogens (primary N) is 1. The maximum absolute atomic E-state index is 11.8. The number of carbonyl (C=O) groups excluding carboxylic acids is 1. The van der Waals surface area contributed by atoms with Crippen molar-refractivity contribution in [1.29, 1.82) is 0 Å². The van der Waals surface area contributed by atoms with Gasteiger partial charge in [-0.2, -0.15) is 0 Å². The summed E-state index contributed by atoms with van der Waals surface area (Å²) in [6, 6.07) is 0.131. The van der Waals surface area contributed by atoms with Gasteiger partial charge < -0.3 is 15.8 Å². The first-order valence-electron chi connectivity index (χ1n) is 7.52. The van der Waals surface area contributed by atoms with E-state index >= 15 is 0 Å². The highest BCUT2D eigenvalue weighted by molar-refractivity contribution is 6.30. The van der Waals surface area contributed by atoms with Crippen LogP contribution in [-0.2, 0) is 4.74 Å². The third kappa shape index (κ3) is 4.73. The molecule has 1 aromatic heterocycles. The van der Waals surface area contributed by atoms with E-state index in [4.69, 9.17) is 22.1 Å². The van der Waals surface area contributed by atoms with Gasteiger partial charge in [-0.15, -0.1) is 0 Å². The lowest BCUT2D eigenvalue weighted by molar-refractivity contribution is 0.0491. The molecule has 0 atom stereocenters. The van der Waals surface area contributed by atoms with E-state index in [1.165, 1.54) is 6.20 Å². The topological polar surface area (TPSA) is 90.1 Å². The molecule has 0 aliphatic heterocycles. The molecule has 1 amide bonds. The van der Waals surface area contributed by atoms with Gasteiger partial charge in [-0.3, -0.25) is 4.98 Å². The molecule has 1 aliphatic carbocycles. The van der Waals surface area contributed by atoms with Crippen LogP contribution in [0.3, 0.4) is 0 Å². The van der Waals surface area contributed by atoms with E-state index in [1.54, 1.807) is 0 Å². The number of nitrogens with zero attached hydrogens (tertiary/aromatic N) is 2. The van der Waals surface area contributed by atoms with Gasteiger partial charge in [0.05, 0.1) is 11.9 Å². The van der Waals surface area contributed by atoms with E-state index in [2.05, 4.69) is 15.3 Å². The number of hydrogen-bond acceptors (Lipinski definition) is 5. The Morgan fingerprint density at radius 2 is 2.00 bits per heavy atom. The van der Waals surface area contributed by atoms with Crippen molar-refractivity contribution in [1.82, 2.24) is 15.3 Å². The molecule has 122 valence electrons. The largest absolute Gasteiger partial charge is 0.444 e. The Bertz CT molecular complexity index is 537. The number of nitrogens with one attached hydrogen (secondary N) is 1. The predicted octanol–water partition coefficient (Wildman–Crippen LogP) is 3.26. The molecule has 0 spiro atoms. The molecule has 1 aromatic rings. The van der Waals surface area contributed by atoms with Crippen molar-refractivity contribution in [2.24, 2.45) is 0 Å². The van der Waals surface area contributed by atoms with Gasteiger partial charge in [0.25, 0.3) is 0 Å². The second-order valence-electron chi connectivity index (χ2n) is 6.67. The number of aromatic nitrogens is 2. The van der Waals surface area contributed by atoms with Gasteiger partial charge in [-0.05, 0) is 46.5 Å². The summed E-state index contributed by atoms with van der Waals surface area (Å²) in [5.41, 5.74) is 5.88. The van der Waals surface area contributed by atoms with Crippen molar-refractivity contribution >= 4 is 23.5 Å². The SMILES string of the molecule is CC(C)(C)OC(=O)NC1CCC(c2ncc(N)nc2Cl)CC1. The van der Waals surface area contributed by atoms with Gasteiger partial charge in [0.15, 0.2) is 5.15 Å². The minimum atomic E-state index is -0.478. The second kappa shape index (κ2) is 6.69. The van der Waals surface area contributed by atoms with E-state index in [9.17, 15) is 4.79 Å². The van der Waals surface area contributed by atoms with E-state index in [1.807, 2.05) is 20.8 Å². The smallest absolute Gasteiger partial charge is 0.407 e. The molecule has 22 heavy (non-hydrogen) atoms. The Morgan fingerprint density at radius 1 is 1.36 bits per heavy atom. The van der Waals surface area contributed by atoms with Crippen molar-refractivity contribution in [3.05, 3.63) is 17.0 Å². The van der Waals surface area contributed by atoms with Crippen molar-refractivity contribution in [2.75, 3.05) is 5.73 Å². The number of rotatable bonds is 2. The third-order valence-corrected chi connectivity index (χ3v) is 3.89. The summed E-state index contributed by atoms with van der Waals surface area (Å²) in [7, 11) is 0. The lowest BCUT2D eigenvalue weighted by atomic mass is 9.84. The molecule has 1 saturated carbocycles. The average molecular weight is 327 g/mol. The van der Waals surface area contributed by atoms with Crippen LogP contribution in [0.4, 0.5) is 10.6 Å². The Hall–Kier alpha value is -1.56. The summed E-state index contributed by atoms with van der Waals surface area (Å²) in [4.78, 5) is 20.1. The molecule has 1 heterocycles. The van der Waals surface area contributed by atoms with Gasteiger partial charge in [-0.25, -0.2) is 9.78 Å². The van der Waals surface area contributed by atoms with Crippen LogP contribution >= 0.6 is 11.6 Å². The second-order valence-corrected chi connectivity index (χ2v) is 7.02. The van der Waals surface area contributed by atoms with Crippen LogP contribution in [0.25, 0.3) is 0 Å². The number of amides is 1. The van der Waals surface area contributed by atoms with Crippen molar-refractivity contribution in [3.8, 4) is 0 Å². The van der Waals surface area contributed by atoms with Crippen LogP contribution < -0.4 is 11.1 Å². The first-order chi connectivity index (χ1) is 10.2. The quantitative estimate of drug-likeness (QED) is 0.870. The standard InChI is InChI=1S/C15H23ClN4O2/c1-15(2,3)22-14(21)19-10-6-4-9(5-7-10)12-13(16)20-11(17)8-18-12/h8-10H,4-7H2,1-3H3,(H2,17,20)(H,19,21). The maximum Gasteiger partial charge on any atom is 0.407 e. The normalized spacial score (nSPS) is 22.2. The summed E-state index contributed by atoms with van der Waals surface area (Å²) >= 11 is 6.11. The molecule has 0 bridgehead atoms. The first-order valence-corrected chi connectivity index (χ1v) is 7.90. The Morgan fingerprint density at radius 3 is 2.55 bits per heavy atom. The van der Waals surface area contributed by atoms with Crippen LogP contribution in [-0.4, -0.2) is 27.7 Å². The highest BCUT2D eigenvalue weighted by Gasteiger charge is 2.27. The van der Waals surface area contributed by atoms with Crippen LogP contribution in [0.15, 0.2) is 6.20 Å². The Labute approximate surface area is 135 Å². The molecular weight excluding hydrogens is 304 g/mol. The molecule has 3 N–H and O–H groups in total. The molecule has 0 saturated heterocycles. The van der Waals surface area contributed by atoms with Crippen LogP contribution in [0.5, 0.6) is 0 Å². The van der Waals surface area contributed by atoms with Crippen LogP contribution in [0, 0.1) is 0 Å². The summed E-state index contributed by atoms with van der Waals surface area (Å²) in [5, 5.41) is 3.30. The van der Waals surface area contributed by atoms with Gasteiger partial charge in [0, 0.05) is 12.0 Å². The fraction of sp³-hybridized carbons (Fsp3) is 0.667. The summed E-state index contributed by atoms with van der Waals surface area (Å²) in [6.07, 6.45) is 4.71. The molecule has 0 aromatic carbocycles. The van der Waals surface area contributed by atoms with E-state index < -0.39 is 5.60 Å². The monoisotopic (exact) mass is 326 g/mol. The molecule has 0 radical (unpaired) electrons. The minimum Gasteiger partial charge on any atom is -0.444 e. The van der Waals surface area contributed by atoms with Crippen molar-refractivity contribution in [2.45, 2.75) is 64.0 Å². The summed E-state index contributed by atoms with van der Waals surface area (Å²) < 4.78 is 5.28. The van der Waals surface area contributed by atoms with E-state index in [0.717, 1.165) is 31.4 Å². The molecule has 7 heteroatoms. The number of carbonyl (C=O) groups is 1. The van der Waals surface area contributed by atoms with Crippen molar-refractivity contribution in [3.63, 3.8) is 0 Å². The zero-order valence-electron chi connectivity index (χ0n) is 13.2. The molecule has 6 nitrogen and oxygen atoms in total. The average Bonchev–Trinajstić information content (AvgIpc) is 2.38. The molecule has 0 unspecified atom stereocenters. The fourth-order valence-electron chi connectivity index (χ4n) is 2.65. The number of halogens is 1. The Kier molecular flexibility index (Phi) is 5.11. The van der Waals surface area contributed by atoms with E-state index in [-0.39, 0.29) is 18.1 Å². The number of alkyl carbamates (subject to hydrolysis) is 1. The zero-order chi connectivity index (χ0) is 16.3. The van der Waals surface area contributed by atoms with Crippen molar-refractivity contribution < 1.29 is 9.53 Å². The van der Waals surface area contributed by atoms with Gasteiger partial charge in [0.2, 0.25) is 0 Å². The predicted molar refractivity (Wildman–Crippen MR) is 85.8 cm³/mol. The summed E-state index contributed by atoms with van der Waals surface area (Å²) in [6.45, 7) is 5.56. The zero-order valence-corrected chi connectivity index (χ0v) is 14.0. The molecule has 1 fully saturated rings. The van der Waals surface area contributed by atoms with Crippen LogP contribution in [0.2, 0.25) is 5.15 Å². The number of ether oxygens (including phenoxy) is 1. The van der Waals surface area contributed by atoms with Gasteiger partial charge >= 0.3 is 6.09 Å². The fourth-order valence-corrected chi connectivity index (χ4v) is 2.95. The molecular formula is C15H23ClN4O2. The van der Waals surface area contributed by atoms with Gasteiger partial charge in [-0.1, -0.05) is 11.6 Å². The highest BCUT2D eigenvalue weighted by Crippen LogP contribution is 2.34. The first kappa shape index (κ1) is 16.8. The van der Waals surface area contributed by atoms with E-state index in [0.29, 0.717) is 11.0 Å².